The van der Waals surface area contributed by atoms with Crippen LogP contribution in [-0.2, 0) is 24.5 Å². The number of rotatable bonds is 5. The van der Waals surface area contributed by atoms with Crippen molar-refractivity contribution < 1.29 is 19.1 Å². The Morgan fingerprint density at radius 2 is 2.00 bits per heavy atom. The van der Waals surface area contributed by atoms with E-state index in [0.717, 1.165) is 46.6 Å². The maximum Gasteiger partial charge on any atom is 0.231 e. The number of ether oxygens (including phenoxy) is 2. The molecule has 31 heavy (non-hydrogen) atoms. The molecule has 162 valence electrons. The molecule has 2 amide bonds. The van der Waals surface area contributed by atoms with Gasteiger partial charge in [0.25, 0.3) is 0 Å². The monoisotopic (exact) mass is 421 g/mol. The second-order valence-electron chi connectivity index (χ2n) is 9.16. The Balaban J connectivity index is 1.34. The molecule has 0 radical (unpaired) electrons. The Morgan fingerprint density at radius 3 is 2.74 bits per heavy atom. The fourth-order valence-corrected chi connectivity index (χ4v) is 4.61. The zero-order valence-corrected chi connectivity index (χ0v) is 18.0. The summed E-state index contributed by atoms with van der Waals surface area (Å²) in [5, 5.41) is 6.79. The minimum Gasteiger partial charge on any atom is -0.458 e. The van der Waals surface area contributed by atoms with Gasteiger partial charge in [-0.15, -0.1) is 0 Å². The molecule has 7 heteroatoms. The molecule has 5 rings (SSSR count). The van der Waals surface area contributed by atoms with E-state index in [4.69, 9.17) is 9.47 Å². The lowest BCUT2D eigenvalue weighted by atomic mass is 9.82. The number of amides is 2. The smallest absolute Gasteiger partial charge is 0.231 e. The largest absolute Gasteiger partial charge is 0.458 e. The van der Waals surface area contributed by atoms with Gasteiger partial charge in [0.05, 0.1) is 10.8 Å². The second kappa shape index (κ2) is 6.90. The van der Waals surface area contributed by atoms with Crippen LogP contribution in [0.1, 0.15) is 38.8 Å². The lowest BCUT2D eigenvalue weighted by Gasteiger charge is -2.25. The molecule has 2 aliphatic carbocycles. The van der Waals surface area contributed by atoms with E-state index in [1.165, 1.54) is 0 Å². The summed E-state index contributed by atoms with van der Waals surface area (Å²) in [6.45, 7) is 4.03. The summed E-state index contributed by atoms with van der Waals surface area (Å²) in [5.74, 6) is 1.75. The highest BCUT2D eigenvalue weighted by Crippen LogP contribution is 2.56. The number of hydrogen-bond acceptors (Lipinski definition) is 4. The van der Waals surface area contributed by atoms with Crippen molar-refractivity contribution in [2.75, 3.05) is 19.2 Å². The lowest BCUT2D eigenvalue weighted by molar-refractivity contribution is -0.125. The number of anilines is 1. The number of benzene rings is 1. The first-order valence-corrected chi connectivity index (χ1v) is 10.7. The zero-order valence-electron chi connectivity index (χ0n) is 18.0. The van der Waals surface area contributed by atoms with Crippen LogP contribution in [0.5, 0.6) is 0 Å². The van der Waals surface area contributed by atoms with Crippen LogP contribution in [0.2, 0.25) is 0 Å². The second-order valence-corrected chi connectivity index (χ2v) is 9.16. The fourth-order valence-electron chi connectivity index (χ4n) is 4.61. The van der Waals surface area contributed by atoms with E-state index in [1.807, 2.05) is 44.2 Å². The third kappa shape index (κ3) is 3.19. The summed E-state index contributed by atoms with van der Waals surface area (Å²) >= 11 is 0. The summed E-state index contributed by atoms with van der Waals surface area (Å²) in [6.07, 6.45) is 6.46. The van der Waals surface area contributed by atoms with Crippen LogP contribution in [-0.4, -0.2) is 30.6 Å². The number of aromatic amines is 1. The number of carbonyl (C=O) groups is 2. The molecule has 3 N–H and O–H groups in total. The number of aromatic nitrogens is 1. The average Bonchev–Trinajstić information content (AvgIpc) is 3.25. The summed E-state index contributed by atoms with van der Waals surface area (Å²) in [5.41, 5.74) is 1.45. The maximum absolute atomic E-state index is 13.2. The average molecular weight is 421 g/mol. The molecule has 0 saturated heterocycles. The molecule has 1 aliphatic heterocycles. The maximum atomic E-state index is 13.2. The number of carbonyl (C=O) groups excluding carboxylic acids is 2. The first-order chi connectivity index (χ1) is 14.8. The summed E-state index contributed by atoms with van der Waals surface area (Å²) < 4.78 is 11.0. The third-order valence-corrected chi connectivity index (χ3v) is 6.90. The number of hydrogen-bond donors (Lipinski definition) is 3. The number of fused-ring (bicyclic) bond motifs is 1. The van der Waals surface area contributed by atoms with Crippen LogP contribution >= 0.6 is 0 Å². The van der Waals surface area contributed by atoms with E-state index in [0.29, 0.717) is 6.42 Å². The van der Waals surface area contributed by atoms with Crippen molar-refractivity contribution in [2.24, 2.45) is 11.3 Å². The highest BCUT2D eigenvalue weighted by atomic mass is 16.7. The molecule has 2 heterocycles. The lowest BCUT2D eigenvalue weighted by Crippen LogP contribution is -2.38. The number of H-pyrrole nitrogens is 1. The quantitative estimate of drug-likeness (QED) is 0.686. The zero-order chi connectivity index (χ0) is 21.8. The molecule has 3 aliphatic rings. The SMILES string of the molecule is CNC(=O)C(C)(C)c1cc2cc(NC(=O)C3(C4C=CC5=C(C4)OCO5)CC3)ccc2[nH]1. The van der Waals surface area contributed by atoms with Crippen LogP contribution in [0.4, 0.5) is 5.69 Å². The molecule has 0 spiro atoms. The first kappa shape index (κ1) is 19.7. The van der Waals surface area contributed by atoms with Crippen molar-refractivity contribution in [3.05, 3.63) is 53.6 Å². The highest BCUT2D eigenvalue weighted by Gasteiger charge is 2.55. The van der Waals surface area contributed by atoms with Gasteiger partial charge < -0.3 is 25.1 Å². The summed E-state index contributed by atoms with van der Waals surface area (Å²) in [7, 11) is 1.64. The molecular weight excluding hydrogens is 394 g/mol. The van der Waals surface area contributed by atoms with Gasteiger partial charge in [0.2, 0.25) is 18.6 Å². The van der Waals surface area contributed by atoms with Crippen LogP contribution in [0.3, 0.4) is 0 Å². The molecule has 0 bridgehead atoms. The predicted octanol–water partition coefficient (Wildman–Crippen LogP) is 3.70. The third-order valence-electron chi connectivity index (χ3n) is 6.90. The molecular formula is C24H27N3O4. The van der Waals surface area contributed by atoms with Gasteiger partial charge in [-0.1, -0.05) is 6.08 Å². The van der Waals surface area contributed by atoms with Gasteiger partial charge >= 0.3 is 0 Å². The van der Waals surface area contributed by atoms with E-state index in [2.05, 4.69) is 21.7 Å². The molecule has 7 nitrogen and oxygen atoms in total. The van der Waals surface area contributed by atoms with Crippen LogP contribution in [0.15, 0.2) is 47.9 Å². The standard InChI is InChI=1S/C24H27N3O4/c1-23(2,21(28)25-3)20-11-14-10-16(5-6-17(14)27-20)26-22(29)24(8-9-24)15-4-7-18-19(12-15)31-13-30-18/h4-7,10-11,15,27H,8-9,12-13H2,1-3H3,(H,25,28)(H,26,29). The van der Waals surface area contributed by atoms with Crippen molar-refractivity contribution in [1.82, 2.24) is 10.3 Å². The van der Waals surface area contributed by atoms with Crippen LogP contribution in [0, 0.1) is 11.3 Å². The van der Waals surface area contributed by atoms with Crippen molar-refractivity contribution in [3.63, 3.8) is 0 Å². The summed E-state index contributed by atoms with van der Waals surface area (Å²) in [4.78, 5) is 28.8. The topological polar surface area (TPSA) is 92.5 Å². The molecule has 2 aromatic rings. The summed E-state index contributed by atoms with van der Waals surface area (Å²) in [6, 6.07) is 7.76. The van der Waals surface area contributed by atoms with Gasteiger partial charge in [-0.3, -0.25) is 9.59 Å². The Bertz CT molecular complexity index is 1140. The van der Waals surface area contributed by atoms with Gasteiger partial charge in [0, 0.05) is 35.8 Å². The molecule has 1 unspecified atom stereocenters. The molecule has 1 aromatic carbocycles. The van der Waals surface area contributed by atoms with Gasteiger partial charge in [-0.2, -0.15) is 0 Å². The molecule has 1 fully saturated rings. The van der Waals surface area contributed by atoms with Gasteiger partial charge in [0.15, 0.2) is 5.76 Å². The van der Waals surface area contributed by atoms with E-state index in [9.17, 15) is 9.59 Å². The number of likely N-dealkylation sites (N-methyl/N-ethyl adjacent to an activating group) is 1. The van der Waals surface area contributed by atoms with Crippen molar-refractivity contribution in [2.45, 2.75) is 38.5 Å². The van der Waals surface area contributed by atoms with E-state index in [-0.39, 0.29) is 29.9 Å². The van der Waals surface area contributed by atoms with E-state index < -0.39 is 5.41 Å². The number of nitrogens with one attached hydrogen (secondary N) is 3. The van der Waals surface area contributed by atoms with Gasteiger partial charge in [-0.05, 0) is 62.9 Å². The minimum absolute atomic E-state index is 0.0471. The fraction of sp³-hybridized carbons (Fsp3) is 0.417. The highest BCUT2D eigenvalue weighted by molar-refractivity contribution is 5.99. The Hall–Kier alpha value is -3.22. The van der Waals surface area contributed by atoms with Gasteiger partial charge in [-0.25, -0.2) is 0 Å². The predicted molar refractivity (Wildman–Crippen MR) is 117 cm³/mol. The first-order valence-electron chi connectivity index (χ1n) is 10.7. The number of allylic oxidation sites excluding steroid dienone is 3. The Morgan fingerprint density at radius 1 is 1.19 bits per heavy atom. The van der Waals surface area contributed by atoms with Crippen LogP contribution in [0.25, 0.3) is 10.9 Å². The van der Waals surface area contributed by atoms with E-state index in [1.54, 1.807) is 7.05 Å². The molecule has 1 atom stereocenters. The van der Waals surface area contributed by atoms with E-state index >= 15 is 0 Å². The minimum atomic E-state index is -0.678. The normalized spacial score (nSPS) is 21.3. The molecule has 1 aromatic heterocycles. The van der Waals surface area contributed by atoms with Gasteiger partial charge in [0.1, 0.15) is 5.76 Å². The van der Waals surface area contributed by atoms with Crippen molar-refractivity contribution in [3.8, 4) is 0 Å². The molecule has 1 saturated carbocycles. The van der Waals surface area contributed by atoms with Crippen LogP contribution < -0.4 is 10.6 Å². The Kier molecular flexibility index (Phi) is 4.39. The van der Waals surface area contributed by atoms with Crippen molar-refractivity contribution >= 4 is 28.4 Å². The van der Waals surface area contributed by atoms with Crippen molar-refractivity contribution in [1.29, 1.82) is 0 Å². The Labute approximate surface area is 180 Å².